The van der Waals surface area contributed by atoms with Crippen LogP contribution in [-0.4, -0.2) is 58.1 Å². The van der Waals surface area contributed by atoms with E-state index in [0.717, 1.165) is 18.4 Å². The fourth-order valence-electron chi connectivity index (χ4n) is 4.36. The van der Waals surface area contributed by atoms with Crippen LogP contribution >= 0.6 is 0 Å². The van der Waals surface area contributed by atoms with E-state index in [-0.39, 0.29) is 30.6 Å². The third-order valence-corrected chi connectivity index (χ3v) is 6.30. The van der Waals surface area contributed by atoms with Crippen molar-refractivity contribution in [2.75, 3.05) is 33.9 Å². The third kappa shape index (κ3) is 7.11. The summed E-state index contributed by atoms with van der Waals surface area (Å²) in [6.45, 7) is 0.688. The second-order valence-corrected chi connectivity index (χ2v) is 8.45. The lowest BCUT2D eigenvalue weighted by atomic mass is 9.68. The van der Waals surface area contributed by atoms with E-state index in [1.165, 1.54) is 7.05 Å². The van der Waals surface area contributed by atoms with E-state index in [0.29, 0.717) is 30.7 Å². The maximum Gasteiger partial charge on any atom is 0.407 e. The molecular weight excluding hydrogens is 450 g/mol. The number of rotatable bonds is 9. The van der Waals surface area contributed by atoms with Gasteiger partial charge in [-0.1, -0.05) is 42.5 Å². The van der Waals surface area contributed by atoms with Crippen molar-refractivity contribution in [3.05, 3.63) is 65.7 Å². The average molecular weight is 484 g/mol. The molecule has 2 aromatic carbocycles. The smallest absolute Gasteiger partial charge is 0.407 e. The van der Waals surface area contributed by atoms with Gasteiger partial charge in [0, 0.05) is 19.0 Å². The second kappa shape index (κ2) is 12.6. The molecule has 0 radical (unpaired) electrons. The van der Waals surface area contributed by atoms with Gasteiger partial charge >= 0.3 is 12.2 Å². The first kappa shape index (κ1) is 25.9. The van der Waals surface area contributed by atoms with Crippen LogP contribution in [0, 0.1) is 0 Å². The Hall–Kier alpha value is -3.75. The normalized spacial score (nSPS) is 19.2. The summed E-state index contributed by atoms with van der Waals surface area (Å²) in [5.41, 5.74) is 1.37. The van der Waals surface area contributed by atoms with Crippen molar-refractivity contribution in [2.45, 2.75) is 37.2 Å². The molecule has 2 aromatic rings. The zero-order valence-corrected chi connectivity index (χ0v) is 20.2. The number of ether oxygens (including phenoxy) is 3. The van der Waals surface area contributed by atoms with Crippen molar-refractivity contribution >= 4 is 18.1 Å². The van der Waals surface area contributed by atoms with E-state index in [2.05, 4.69) is 28.1 Å². The monoisotopic (exact) mass is 483 g/mol. The van der Waals surface area contributed by atoms with Crippen LogP contribution in [0.25, 0.3) is 0 Å². The number of carbonyl (C=O) groups is 3. The molecule has 3 rings (SSSR count). The number of para-hydroxylation sites is 1. The molecule has 9 heteroatoms. The highest BCUT2D eigenvalue weighted by atomic mass is 16.6. The van der Waals surface area contributed by atoms with E-state index >= 15 is 0 Å². The molecule has 0 heterocycles. The van der Waals surface area contributed by atoms with Gasteiger partial charge in [-0.2, -0.15) is 0 Å². The van der Waals surface area contributed by atoms with Gasteiger partial charge in [-0.15, -0.1) is 0 Å². The van der Waals surface area contributed by atoms with Gasteiger partial charge < -0.3 is 30.2 Å². The summed E-state index contributed by atoms with van der Waals surface area (Å²) in [7, 11) is 3.01. The van der Waals surface area contributed by atoms with Gasteiger partial charge in [0.1, 0.15) is 18.5 Å². The van der Waals surface area contributed by atoms with Crippen molar-refractivity contribution in [3.63, 3.8) is 0 Å². The zero-order chi connectivity index (χ0) is 25.1. The molecular formula is C26H33N3O6. The topological polar surface area (TPSA) is 115 Å². The summed E-state index contributed by atoms with van der Waals surface area (Å²) in [6, 6.07) is 17.3. The Kier molecular flexibility index (Phi) is 9.34. The van der Waals surface area contributed by atoms with Crippen LogP contribution in [0.5, 0.6) is 5.75 Å². The Morgan fingerprint density at radius 2 is 1.63 bits per heavy atom. The molecule has 0 spiro atoms. The minimum Gasteiger partial charge on any atom is -0.496 e. The Bertz CT molecular complexity index is 990. The molecule has 1 aliphatic rings. The SMILES string of the molecule is CNC(=O)OCCNC(=O)OC1CCC(CNC(=O)c2ccccc2OC)(c2ccccc2)CC1. The zero-order valence-electron chi connectivity index (χ0n) is 20.2. The molecule has 1 aliphatic carbocycles. The molecule has 0 saturated heterocycles. The van der Waals surface area contributed by atoms with Gasteiger partial charge in [-0.25, -0.2) is 9.59 Å². The molecule has 0 atom stereocenters. The van der Waals surface area contributed by atoms with Crippen molar-refractivity contribution < 1.29 is 28.6 Å². The summed E-state index contributed by atoms with van der Waals surface area (Å²) in [5, 5.41) is 8.03. The molecule has 1 fully saturated rings. The number of benzene rings is 2. The van der Waals surface area contributed by atoms with Crippen LogP contribution in [0.15, 0.2) is 54.6 Å². The number of amides is 3. The Morgan fingerprint density at radius 1 is 0.943 bits per heavy atom. The first-order valence-electron chi connectivity index (χ1n) is 11.7. The first-order chi connectivity index (χ1) is 17.0. The Labute approximate surface area is 205 Å². The third-order valence-electron chi connectivity index (χ3n) is 6.30. The lowest BCUT2D eigenvalue weighted by Gasteiger charge is -2.40. The van der Waals surface area contributed by atoms with Crippen LogP contribution in [-0.2, 0) is 14.9 Å². The van der Waals surface area contributed by atoms with Crippen LogP contribution < -0.4 is 20.7 Å². The first-order valence-corrected chi connectivity index (χ1v) is 11.7. The predicted octanol–water partition coefficient (Wildman–Crippen LogP) is 3.39. The molecule has 0 aliphatic heterocycles. The van der Waals surface area contributed by atoms with E-state index in [4.69, 9.17) is 14.2 Å². The number of hydrogen-bond donors (Lipinski definition) is 3. The van der Waals surface area contributed by atoms with Gasteiger partial charge in [0.2, 0.25) is 0 Å². The van der Waals surface area contributed by atoms with Gasteiger partial charge in [0.25, 0.3) is 5.91 Å². The minimum absolute atomic E-state index is 0.0580. The maximum atomic E-state index is 12.9. The van der Waals surface area contributed by atoms with Crippen LogP contribution in [0.2, 0.25) is 0 Å². The number of methoxy groups -OCH3 is 1. The quantitative estimate of drug-likeness (QED) is 0.471. The predicted molar refractivity (Wildman–Crippen MR) is 131 cm³/mol. The summed E-state index contributed by atoms with van der Waals surface area (Å²) in [5.74, 6) is 0.345. The summed E-state index contributed by atoms with van der Waals surface area (Å²) in [4.78, 5) is 36.1. The number of nitrogens with one attached hydrogen (secondary N) is 3. The molecule has 0 bridgehead atoms. The molecule has 9 nitrogen and oxygen atoms in total. The van der Waals surface area contributed by atoms with Crippen LogP contribution in [0.3, 0.4) is 0 Å². The minimum atomic E-state index is -0.553. The molecule has 1 saturated carbocycles. The number of carbonyl (C=O) groups excluding carboxylic acids is 3. The molecule has 0 aromatic heterocycles. The fourth-order valence-corrected chi connectivity index (χ4v) is 4.36. The van der Waals surface area contributed by atoms with E-state index in [1.54, 1.807) is 19.2 Å². The second-order valence-electron chi connectivity index (χ2n) is 8.45. The van der Waals surface area contributed by atoms with Crippen molar-refractivity contribution in [2.24, 2.45) is 0 Å². The summed E-state index contributed by atoms with van der Waals surface area (Å²) in [6.07, 6.45) is 1.52. The van der Waals surface area contributed by atoms with Crippen molar-refractivity contribution in [3.8, 4) is 5.75 Å². The molecule has 35 heavy (non-hydrogen) atoms. The standard InChI is InChI=1S/C26H33N3O6/c1-27-24(31)34-17-16-28-25(32)35-20-12-14-26(15-13-20,19-8-4-3-5-9-19)18-29-23(30)21-10-6-7-11-22(21)33-2/h3-11,20H,12-18H2,1-2H3,(H,27,31)(H,28,32)(H,29,30). The molecule has 3 N–H and O–H groups in total. The Balaban J connectivity index is 1.58. The summed E-state index contributed by atoms with van der Waals surface area (Å²) >= 11 is 0. The molecule has 0 unspecified atom stereocenters. The highest BCUT2D eigenvalue weighted by molar-refractivity contribution is 5.97. The van der Waals surface area contributed by atoms with Gasteiger partial charge in [-0.3, -0.25) is 4.79 Å². The highest BCUT2D eigenvalue weighted by Gasteiger charge is 2.38. The fraction of sp³-hybridized carbons (Fsp3) is 0.423. The molecule has 188 valence electrons. The molecule has 3 amide bonds. The van der Waals surface area contributed by atoms with Crippen molar-refractivity contribution in [1.29, 1.82) is 0 Å². The van der Waals surface area contributed by atoms with Crippen LogP contribution in [0.1, 0.15) is 41.6 Å². The van der Waals surface area contributed by atoms with E-state index in [1.807, 2.05) is 30.3 Å². The Morgan fingerprint density at radius 3 is 2.31 bits per heavy atom. The summed E-state index contributed by atoms with van der Waals surface area (Å²) < 4.78 is 15.7. The van der Waals surface area contributed by atoms with E-state index < -0.39 is 12.2 Å². The lowest BCUT2D eigenvalue weighted by Crippen LogP contribution is -2.45. The largest absolute Gasteiger partial charge is 0.496 e. The van der Waals surface area contributed by atoms with Gasteiger partial charge in [0.15, 0.2) is 0 Å². The number of alkyl carbamates (subject to hydrolysis) is 2. The number of hydrogen-bond acceptors (Lipinski definition) is 6. The average Bonchev–Trinajstić information content (AvgIpc) is 2.91. The van der Waals surface area contributed by atoms with Gasteiger partial charge in [0.05, 0.1) is 19.2 Å². The van der Waals surface area contributed by atoms with Crippen LogP contribution in [0.4, 0.5) is 9.59 Å². The highest BCUT2D eigenvalue weighted by Crippen LogP contribution is 2.40. The lowest BCUT2D eigenvalue weighted by molar-refractivity contribution is 0.0552. The maximum absolute atomic E-state index is 12.9. The van der Waals surface area contributed by atoms with E-state index in [9.17, 15) is 14.4 Å². The van der Waals surface area contributed by atoms with Gasteiger partial charge in [-0.05, 0) is 43.4 Å². The van der Waals surface area contributed by atoms with Crippen molar-refractivity contribution in [1.82, 2.24) is 16.0 Å².